The molecular formula is C21H30N2O4. The zero-order chi connectivity index (χ0) is 19.2. The highest BCUT2D eigenvalue weighted by Crippen LogP contribution is 2.29. The third-order valence-corrected chi connectivity index (χ3v) is 5.73. The Hall–Kier alpha value is -2.08. The minimum atomic E-state index is -0.352. The fraction of sp³-hybridized carbons (Fsp3) is 0.619. The molecule has 1 aliphatic carbocycles. The SMILES string of the molecule is CC(=O)N(c1ccc(OC(=O)N2CCC(CO)CC2)cc1)C1CCCCC1. The van der Waals surface area contributed by atoms with Gasteiger partial charge in [0.2, 0.25) is 5.91 Å². The molecule has 1 aromatic rings. The third kappa shape index (κ3) is 5.01. The number of hydrogen-bond donors (Lipinski definition) is 1. The summed E-state index contributed by atoms with van der Waals surface area (Å²) in [6.07, 6.45) is 6.91. The molecule has 0 unspecified atom stereocenters. The Morgan fingerprint density at radius 3 is 2.26 bits per heavy atom. The number of amides is 2. The van der Waals surface area contributed by atoms with Crippen molar-refractivity contribution in [2.75, 3.05) is 24.6 Å². The molecule has 0 atom stereocenters. The van der Waals surface area contributed by atoms with E-state index >= 15 is 0 Å². The zero-order valence-corrected chi connectivity index (χ0v) is 16.1. The Bertz CT molecular complexity index is 632. The zero-order valence-electron chi connectivity index (χ0n) is 16.1. The van der Waals surface area contributed by atoms with E-state index < -0.39 is 0 Å². The second-order valence-corrected chi connectivity index (χ2v) is 7.66. The maximum absolute atomic E-state index is 12.3. The molecule has 27 heavy (non-hydrogen) atoms. The van der Waals surface area contributed by atoms with Gasteiger partial charge in [-0.1, -0.05) is 19.3 Å². The van der Waals surface area contributed by atoms with Crippen LogP contribution in [0.15, 0.2) is 24.3 Å². The van der Waals surface area contributed by atoms with Crippen LogP contribution in [-0.2, 0) is 4.79 Å². The number of carbonyl (C=O) groups is 2. The Morgan fingerprint density at radius 2 is 1.70 bits per heavy atom. The lowest BCUT2D eigenvalue weighted by Crippen LogP contribution is -2.41. The second kappa shape index (κ2) is 9.22. The number of nitrogens with zero attached hydrogens (tertiary/aromatic N) is 2. The molecule has 1 N–H and O–H groups in total. The number of piperidine rings is 1. The van der Waals surface area contributed by atoms with Crippen molar-refractivity contribution in [3.05, 3.63) is 24.3 Å². The highest BCUT2D eigenvalue weighted by atomic mass is 16.6. The van der Waals surface area contributed by atoms with Crippen molar-refractivity contribution in [2.45, 2.75) is 57.9 Å². The smallest absolute Gasteiger partial charge is 0.410 e. The number of carbonyl (C=O) groups excluding carboxylic acids is 2. The number of anilines is 1. The van der Waals surface area contributed by atoms with Crippen molar-refractivity contribution in [3.8, 4) is 5.75 Å². The third-order valence-electron chi connectivity index (χ3n) is 5.73. The molecule has 1 saturated carbocycles. The molecule has 2 fully saturated rings. The van der Waals surface area contributed by atoms with E-state index in [1.54, 1.807) is 24.0 Å². The van der Waals surface area contributed by atoms with E-state index in [0.29, 0.717) is 18.8 Å². The molecule has 2 aliphatic rings. The molecule has 3 rings (SSSR count). The first kappa shape index (κ1) is 19.7. The minimum absolute atomic E-state index is 0.0541. The number of rotatable bonds is 4. The molecule has 1 saturated heterocycles. The summed E-state index contributed by atoms with van der Waals surface area (Å²) in [4.78, 5) is 28.1. The highest BCUT2D eigenvalue weighted by molar-refractivity contribution is 5.92. The largest absolute Gasteiger partial charge is 0.415 e. The lowest BCUT2D eigenvalue weighted by atomic mass is 9.93. The van der Waals surface area contributed by atoms with E-state index in [2.05, 4.69) is 0 Å². The number of benzene rings is 1. The average molecular weight is 374 g/mol. The van der Waals surface area contributed by atoms with Gasteiger partial charge in [0.15, 0.2) is 0 Å². The maximum Gasteiger partial charge on any atom is 0.415 e. The van der Waals surface area contributed by atoms with Crippen molar-refractivity contribution in [1.82, 2.24) is 4.90 Å². The van der Waals surface area contributed by atoms with Gasteiger partial charge in [-0.2, -0.15) is 0 Å². The first-order valence-electron chi connectivity index (χ1n) is 10.1. The van der Waals surface area contributed by atoms with Gasteiger partial charge in [0.25, 0.3) is 0 Å². The summed E-state index contributed by atoms with van der Waals surface area (Å²) in [5.41, 5.74) is 0.859. The standard InChI is InChI=1S/C21H30N2O4/c1-16(25)23(18-5-3-2-4-6-18)19-7-9-20(10-8-19)27-21(26)22-13-11-17(15-24)12-14-22/h7-10,17-18,24H,2-6,11-15H2,1H3. The predicted octanol–water partition coefficient (Wildman–Crippen LogP) is 3.58. The van der Waals surface area contributed by atoms with Crippen molar-refractivity contribution < 1.29 is 19.4 Å². The topological polar surface area (TPSA) is 70.1 Å². The molecule has 1 aliphatic heterocycles. The normalized spacial score (nSPS) is 19.0. The summed E-state index contributed by atoms with van der Waals surface area (Å²) in [7, 11) is 0. The Morgan fingerprint density at radius 1 is 1.07 bits per heavy atom. The van der Waals surface area contributed by atoms with Crippen LogP contribution in [0.2, 0.25) is 0 Å². The van der Waals surface area contributed by atoms with Crippen LogP contribution in [0.1, 0.15) is 51.9 Å². The predicted molar refractivity (Wildman–Crippen MR) is 104 cm³/mol. The molecule has 6 nitrogen and oxygen atoms in total. The molecule has 2 amide bonds. The lowest BCUT2D eigenvalue weighted by Gasteiger charge is -2.34. The summed E-state index contributed by atoms with van der Waals surface area (Å²) in [6.45, 7) is 3.01. The van der Waals surface area contributed by atoms with Crippen LogP contribution >= 0.6 is 0 Å². The fourth-order valence-corrected chi connectivity index (χ4v) is 4.13. The molecule has 6 heteroatoms. The Balaban J connectivity index is 1.60. The molecule has 0 aromatic heterocycles. The van der Waals surface area contributed by atoms with Crippen LogP contribution in [0.3, 0.4) is 0 Å². The van der Waals surface area contributed by atoms with Gasteiger partial charge in [-0.15, -0.1) is 0 Å². The second-order valence-electron chi connectivity index (χ2n) is 7.66. The Kier molecular flexibility index (Phi) is 6.72. The summed E-state index contributed by atoms with van der Waals surface area (Å²) >= 11 is 0. The molecular weight excluding hydrogens is 344 g/mol. The van der Waals surface area contributed by atoms with Gasteiger partial charge in [-0.25, -0.2) is 4.79 Å². The quantitative estimate of drug-likeness (QED) is 0.875. The van der Waals surface area contributed by atoms with E-state index in [1.807, 2.05) is 17.0 Å². The van der Waals surface area contributed by atoms with Gasteiger partial charge in [-0.3, -0.25) is 4.79 Å². The molecule has 0 radical (unpaired) electrons. The van der Waals surface area contributed by atoms with E-state index in [9.17, 15) is 14.7 Å². The number of ether oxygens (including phenoxy) is 1. The summed E-state index contributed by atoms with van der Waals surface area (Å²) < 4.78 is 5.48. The average Bonchev–Trinajstić information content (AvgIpc) is 2.70. The van der Waals surface area contributed by atoms with Gasteiger partial charge in [0.05, 0.1) is 0 Å². The summed E-state index contributed by atoms with van der Waals surface area (Å²) in [5, 5.41) is 9.19. The van der Waals surface area contributed by atoms with Gasteiger partial charge >= 0.3 is 6.09 Å². The van der Waals surface area contributed by atoms with Crippen molar-refractivity contribution in [3.63, 3.8) is 0 Å². The molecule has 1 aromatic carbocycles. The first-order valence-corrected chi connectivity index (χ1v) is 10.1. The van der Waals surface area contributed by atoms with Crippen LogP contribution in [0.25, 0.3) is 0 Å². The van der Waals surface area contributed by atoms with Crippen LogP contribution in [-0.4, -0.2) is 47.7 Å². The number of aliphatic hydroxyl groups is 1. The van der Waals surface area contributed by atoms with E-state index in [1.165, 1.54) is 6.42 Å². The number of hydrogen-bond acceptors (Lipinski definition) is 4. The molecule has 1 heterocycles. The number of aliphatic hydroxyl groups excluding tert-OH is 1. The first-order chi connectivity index (χ1) is 13.1. The molecule has 148 valence electrons. The van der Waals surface area contributed by atoms with Crippen LogP contribution < -0.4 is 9.64 Å². The van der Waals surface area contributed by atoms with Crippen LogP contribution in [0.5, 0.6) is 5.75 Å². The van der Waals surface area contributed by atoms with Gasteiger partial charge < -0.3 is 19.6 Å². The van der Waals surface area contributed by atoms with Gasteiger partial charge in [0.1, 0.15) is 5.75 Å². The van der Waals surface area contributed by atoms with E-state index in [4.69, 9.17) is 4.74 Å². The maximum atomic E-state index is 12.3. The number of likely N-dealkylation sites (tertiary alicyclic amines) is 1. The lowest BCUT2D eigenvalue weighted by molar-refractivity contribution is -0.117. The fourth-order valence-electron chi connectivity index (χ4n) is 4.13. The van der Waals surface area contributed by atoms with Crippen molar-refractivity contribution >= 4 is 17.7 Å². The monoisotopic (exact) mass is 374 g/mol. The summed E-state index contributed by atoms with van der Waals surface area (Å²) in [6, 6.07) is 7.49. The van der Waals surface area contributed by atoms with Crippen LogP contribution in [0, 0.1) is 5.92 Å². The summed E-state index contributed by atoms with van der Waals surface area (Å²) in [5.74, 6) is 0.823. The van der Waals surface area contributed by atoms with E-state index in [-0.39, 0.29) is 30.6 Å². The van der Waals surface area contributed by atoms with Crippen molar-refractivity contribution in [1.29, 1.82) is 0 Å². The molecule has 0 bridgehead atoms. The Labute approximate surface area is 161 Å². The van der Waals surface area contributed by atoms with E-state index in [0.717, 1.165) is 44.2 Å². The van der Waals surface area contributed by atoms with Gasteiger partial charge in [-0.05, 0) is 55.9 Å². The van der Waals surface area contributed by atoms with Gasteiger partial charge in [0, 0.05) is 38.3 Å². The molecule has 0 spiro atoms. The van der Waals surface area contributed by atoms with Crippen LogP contribution in [0.4, 0.5) is 10.5 Å². The minimum Gasteiger partial charge on any atom is -0.410 e. The highest BCUT2D eigenvalue weighted by Gasteiger charge is 2.26. The van der Waals surface area contributed by atoms with Crippen molar-refractivity contribution in [2.24, 2.45) is 5.92 Å².